The van der Waals surface area contributed by atoms with E-state index in [2.05, 4.69) is 32.7 Å². The Hall–Kier alpha value is -1.98. The molecule has 0 bridgehead atoms. The van der Waals surface area contributed by atoms with Crippen molar-refractivity contribution >= 4 is 24.7 Å². The number of nitrogens with one attached hydrogen (secondary N) is 1. The van der Waals surface area contributed by atoms with Crippen LogP contribution in [0.1, 0.15) is 43.6 Å². The Labute approximate surface area is 155 Å². The van der Waals surface area contributed by atoms with E-state index in [-0.39, 0.29) is 17.8 Å². The van der Waals surface area contributed by atoms with Gasteiger partial charge in [0.05, 0.1) is 19.3 Å². The van der Waals surface area contributed by atoms with Gasteiger partial charge in [-0.25, -0.2) is 20.1 Å². The third kappa shape index (κ3) is 6.60. The van der Waals surface area contributed by atoms with E-state index in [0.717, 1.165) is 19.3 Å². The third-order valence-electron chi connectivity index (χ3n) is 3.49. The zero-order valence-corrected chi connectivity index (χ0v) is 16.0. The Bertz CT molecular complexity index is 808. The van der Waals surface area contributed by atoms with Gasteiger partial charge >= 0.3 is 7.60 Å². The van der Waals surface area contributed by atoms with Crippen LogP contribution in [0.15, 0.2) is 6.33 Å². The highest BCUT2D eigenvalue weighted by atomic mass is 31.2. The minimum atomic E-state index is -4.26. The molecule has 0 spiro atoms. The largest absolute Gasteiger partial charge is 0.364 e. The molecule has 27 heavy (non-hydrogen) atoms. The number of amides is 1. The first-order valence-electron chi connectivity index (χ1n) is 8.44. The molecule has 0 unspecified atom stereocenters. The van der Waals surface area contributed by atoms with Crippen LogP contribution < -0.4 is 5.48 Å². The lowest BCUT2D eigenvalue weighted by molar-refractivity contribution is 0.0295. The molecule has 0 aliphatic carbocycles. The molecule has 12 nitrogen and oxygen atoms in total. The lowest BCUT2D eigenvalue weighted by Crippen LogP contribution is -2.25. The van der Waals surface area contributed by atoms with Gasteiger partial charge in [0.2, 0.25) is 0 Å². The van der Waals surface area contributed by atoms with Crippen molar-refractivity contribution < 1.29 is 28.7 Å². The van der Waals surface area contributed by atoms with Gasteiger partial charge in [-0.05, 0) is 13.3 Å². The fraction of sp³-hybridized carbons (Fsp3) is 0.643. The first-order chi connectivity index (χ1) is 12.8. The van der Waals surface area contributed by atoms with Crippen molar-refractivity contribution in [3.63, 3.8) is 0 Å². The van der Waals surface area contributed by atoms with Crippen LogP contribution in [0, 0.1) is 0 Å². The Morgan fingerprint density at radius 2 is 2.15 bits per heavy atom. The summed E-state index contributed by atoms with van der Waals surface area (Å²) in [6.07, 6.45) is 2.83. The van der Waals surface area contributed by atoms with Gasteiger partial charge in [0.1, 0.15) is 12.7 Å². The van der Waals surface area contributed by atoms with E-state index < -0.39 is 26.0 Å². The van der Waals surface area contributed by atoms with E-state index in [1.54, 1.807) is 6.92 Å². The predicted molar refractivity (Wildman–Crippen MR) is 93.5 cm³/mol. The number of carbonyl (C=O) groups is 1. The number of hydroxylamine groups is 1. The van der Waals surface area contributed by atoms with Crippen LogP contribution in [0.5, 0.6) is 0 Å². The molecular formula is C14H23N6O6P. The maximum atomic E-state index is 12.2. The van der Waals surface area contributed by atoms with Crippen LogP contribution in [-0.4, -0.2) is 59.7 Å². The molecule has 0 aromatic carbocycles. The van der Waals surface area contributed by atoms with Crippen LogP contribution in [0.25, 0.3) is 11.2 Å². The maximum Gasteiger partial charge on any atom is 0.350 e. The minimum Gasteiger partial charge on any atom is -0.364 e. The van der Waals surface area contributed by atoms with Gasteiger partial charge in [0.25, 0.3) is 5.91 Å². The molecule has 3 N–H and O–H groups in total. The summed E-state index contributed by atoms with van der Waals surface area (Å²) in [5.41, 5.74) is 2.83. The number of rotatable bonds is 11. The number of ether oxygens (including phenoxy) is 1. The van der Waals surface area contributed by atoms with Crippen LogP contribution in [0.3, 0.4) is 0 Å². The summed E-state index contributed by atoms with van der Waals surface area (Å²) in [4.78, 5) is 43.1. The zero-order chi connectivity index (χ0) is 19.9. The smallest absolute Gasteiger partial charge is 0.350 e. The van der Waals surface area contributed by atoms with E-state index in [1.807, 2.05) is 0 Å². The Kier molecular flexibility index (Phi) is 7.75. The van der Waals surface area contributed by atoms with E-state index in [9.17, 15) is 9.36 Å². The quantitative estimate of drug-likeness (QED) is 0.276. The van der Waals surface area contributed by atoms with Gasteiger partial charge in [0.15, 0.2) is 16.9 Å². The zero-order valence-electron chi connectivity index (χ0n) is 15.1. The summed E-state index contributed by atoms with van der Waals surface area (Å²) in [5, 5.41) is 7.83. The molecule has 0 aliphatic rings. The number of hydrogen-bond donors (Lipinski definition) is 3. The first-order valence-corrected chi connectivity index (χ1v) is 10.2. The van der Waals surface area contributed by atoms with Crippen molar-refractivity contribution in [2.75, 3.05) is 13.0 Å². The Morgan fingerprint density at radius 3 is 2.85 bits per heavy atom. The molecule has 1 atom stereocenters. The van der Waals surface area contributed by atoms with Crippen molar-refractivity contribution in [1.29, 1.82) is 0 Å². The number of hydrogen-bond acceptors (Lipinski definition) is 8. The molecule has 0 radical (unpaired) electrons. The molecule has 1 amide bonds. The van der Waals surface area contributed by atoms with Gasteiger partial charge in [-0.15, -0.1) is 5.10 Å². The summed E-state index contributed by atoms with van der Waals surface area (Å²) in [6, 6.07) is 0. The first kappa shape index (κ1) is 21.3. The SMILES string of the molecule is CCCCCONC(=O)c1ncnc2c1nnn2C[C@@H](C)OCP(=O)(O)O. The molecule has 150 valence electrons. The molecule has 0 fully saturated rings. The molecule has 0 saturated heterocycles. The normalized spacial score (nSPS) is 13.0. The standard InChI is InChI=1S/C14H23N6O6P/c1-3-4-5-6-26-18-14(21)12-11-13(16-8-15-12)20(19-17-11)7-10(2)25-9-27(22,23)24/h8,10H,3-7,9H2,1-2H3,(H,18,21)(H2,22,23,24)/t10-/m1/s1. The minimum absolute atomic E-state index is 0.0190. The predicted octanol–water partition coefficient (Wildman–Crippen LogP) is 0.613. The molecule has 0 aliphatic heterocycles. The molecule has 2 aromatic heterocycles. The van der Waals surface area contributed by atoms with Crippen molar-refractivity contribution in [2.24, 2.45) is 0 Å². The molecule has 13 heteroatoms. The highest BCUT2D eigenvalue weighted by Crippen LogP contribution is 2.34. The number of carbonyl (C=O) groups excluding carboxylic acids is 1. The van der Waals surface area contributed by atoms with E-state index >= 15 is 0 Å². The average molecular weight is 402 g/mol. The number of unbranched alkanes of at least 4 members (excludes halogenated alkanes) is 2. The lowest BCUT2D eigenvalue weighted by atomic mass is 10.3. The third-order valence-corrected chi connectivity index (χ3v) is 3.97. The summed E-state index contributed by atoms with van der Waals surface area (Å²) in [6.45, 7) is 4.23. The highest BCUT2D eigenvalue weighted by molar-refractivity contribution is 7.51. The van der Waals surface area contributed by atoms with Crippen LogP contribution in [0.2, 0.25) is 0 Å². The molecule has 2 aromatic rings. The van der Waals surface area contributed by atoms with Crippen molar-refractivity contribution in [2.45, 2.75) is 45.8 Å². The van der Waals surface area contributed by atoms with Gasteiger partial charge in [-0.3, -0.25) is 14.2 Å². The highest BCUT2D eigenvalue weighted by Gasteiger charge is 2.20. The van der Waals surface area contributed by atoms with E-state index in [1.165, 1.54) is 11.0 Å². The van der Waals surface area contributed by atoms with E-state index in [0.29, 0.717) is 12.3 Å². The van der Waals surface area contributed by atoms with Crippen molar-refractivity contribution in [1.82, 2.24) is 30.4 Å². The fourth-order valence-corrected chi connectivity index (χ4v) is 2.64. The van der Waals surface area contributed by atoms with Gasteiger partial charge in [0, 0.05) is 0 Å². The Morgan fingerprint density at radius 1 is 1.37 bits per heavy atom. The monoisotopic (exact) mass is 402 g/mol. The van der Waals surface area contributed by atoms with E-state index in [4.69, 9.17) is 19.4 Å². The van der Waals surface area contributed by atoms with Crippen LogP contribution in [-0.2, 0) is 20.7 Å². The summed E-state index contributed by atoms with van der Waals surface area (Å²) < 4.78 is 17.3. The molecule has 0 saturated carbocycles. The van der Waals surface area contributed by atoms with Crippen LogP contribution >= 0.6 is 7.60 Å². The summed E-state index contributed by atoms with van der Waals surface area (Å²) in [5.74, 6) is -0.559. The molecule has 2 rings (SSSR count). The Balaban J connectivity index is 2.03. The van der Waals surface area contributed by atoms with Crippen molar-refractivity contribution in [3.05, 3.63) is 12.0 Å². The molecular weight excluding hydrogens is 379 g/mol. The average Bonchev–Trinajstić information content (AvgIpc) is 3.02. The second-order valence-electron chi connectivity index (χ2n) is 5.92. The number of aromatic nitrogens is 5. The number of nitrogens with zero attached hydrogens (tertiary/aromatic N) is 5. The number of fused-ring (bicyclic) bond motifs is 1. The van der Waals surface area contributed by atoms with Gasteiger partial charge in [-0.1, -0.05) is 25.0 Å². The van der Waals surface area contributed by atoms with Gasteiger partial charge in [-0.2, -0.15) is 0 Å². The maximum absolute atomic E-state index is 12.2. The van der Waals surface area contributed by atoms with Crippen molar-refractivity contribution in [3.8, 4) is 0 Å². The van der Waals surface area contributed by atoms with Crippen LogP contribution in [0.4, 0.5) is 0 Å². The lowest BCUT2D eigenvalue weighted by Gasteiger charge is -2.13. The fourth-order valence-electron chi connectivity index (χ4n) is 2.19. The summed E-state index contributed by atoms with van der Waals surface area (Å²) in [7, 11) is -4.26. The topological polar surface area (TPSA) is 162 Å². The molecule has 2 heterocycles. The van der Waals surface area contributed by atoms with Gasteiger partial charge < -0.3 is 14.5 Å². The second kappa shape index (κ2) is 9.81. The second-order valence-corrected chi connectivity index (χ2v) is 7.51. The summed E-state index contributed by atoms with van der Waals surface area (Å²) >= 11 is 0.